The highest BCUT2D eigenvalue weighted by atomic mass is 35.5. The number of rotatable bonds is 7. The number of carbonyl (C=O) groups is 1. The molecule has 0 atom stereocenters. The maximum atomic E-state index is 12.0. The van der Waals surface area contributed by atoms with Gasteiger partial charge >= 0.3 is 0 Å². The number of ether oxygens (including phenoxy) is 3. The molecular formula is C19H20ClNO4. The van der Waals surface area contributed by atoms with Gasteiger partial charge in [-0.2, -0.15) is 0 Å². The van der Waals surface area contributed by atoms with E-state index < -0.39 is 0 Å². The van der Waals surface area contributed by atoms with Crippen LogP contribution < -0.4 is 19.5 Å². The van der Waals surface area contributed by atoms with Crippen LogP contribution in [0.3, 0.4) is 0 Å². The van der Waals surface area contributed by atoms with Crippen LogP contribution in [0, 0.1) is 0 Å². The zero-order chi connectivity index (χ0) is 18.2. The molecule has 0 bridgehead atoms. The minimum absolute atomic E-state index is 0.227. The first-order valence-corrected chi connectivity index (χ1v) is 7.95. The molecule has 0 aliphatic rings. The first kappa shape index (κ1) is 18.7. The maximum Gasteiger partial charge on any atom is 0.244 e. The largest absolute Gasteiger partial charge is 0.496 e. The van der Waals surface area contributed by atoms with Gasteiger partial charge in [0.25, 0.3) is 0 Å². The Morgan fingerprint density at radius 2 is 1.64 bits per heavy atom. The lowest BCUT2D eigenvalue weighted by atomic mass is 10.1. The molecule has 0 spiro atoms. The van der Waals surface area contributed by atoms with Crippen molar-refractivity contribution in [1.29, 1.82) is 0 Å². The summed E-state index contributed by atoms with van der Waals surface area (Å²) < 4.78 is 15.9. The molecule has 0 aromatic heterocycles. The van der Waals surface area contributed by atoms with Gasteiger partial charge in [0, 0.05) is 23.2 Å². The van der Waals surface area contributed by atoms with Crippen LogP contribution in [-0.2, 0) is 11.3 Å². The van der Waals surface area contributed by atoms with Gasteiger partial charge < -0.3 is 19.5 Å². The first-order valence-electron chi connectivity index (χ1n) is 7.57. The van der Waals surface area contributed by atoms with Crippen LogP contribution in [-0.4, -0.2) is 27.2 Å². The predicted octanol–water partition coefficient (Wildman–Crippen LogP) is 3.70. The van der Waals surface area contributed by atoms with Crippen LogP contribution in [0.2, 0.25) is 5.02 Å². The van der Waals surface area contributed by atoms with E-state index >= 15 is 0 Å². The Kier molecular flexibility index (Phi) is 6.71. The number of carbonyl (C=O) groups excluding carboxylic acids is 1. The van der Waals surface area contributed by atoms with Crippen LogP contribution in [0.5, 0.6) is 17.2 Å². The van der Waals surface area contributed by atoms with Crippen LogP contribution in [0.15, 0.2) is 42.5 Å². The molecule has 0 unspecified atom stereocenters. The Balaban J connectivity index is 2.07. The fraction of sp³-hybridized carbons (Fsp3) is 0.211. The molecule has 0 heterocycles. The zero-order valence-electron chi connectivity index (χ0n) is 14.3. The van der Waals surface area contributed by atoms with Crippen LogP contribution in [0.4, 0.5) is 0 Å². The summed E-state index contributed by atoms with van der Waals surface area (Å²) in [5, 5.41) is 3.47. The Bertz CT molecular complexity index is 732. The fourth-order valence-electron chi connectivity index (χ4n) is 2.23. The minimum atomic E-state index is -0.227. The summed E-state index contributed by atoms with van der Waals surface area (Å²) in [5.74, 6) is 1.55. The second-order valence-corrected chi connectivity index (χ2v) is 5.55. The topological polar surface area (TPSA) is 56.8 Å². The molecule has 25 heavy (non-hydrogen) atoms. The highest BCUT2D eigenvalue weighted by Gasteiger charge is 2.13. The lowest BCUT2D eigenvalue weighted by Gasteiger charge is -2.15. The van der Waals surface area contributed by atoms with E-state index in [4.69, 9.17) is 25.8 Å². The third kappa shape index (κ3) is 5.16. The third-order valence-corrected chi connectivity index (χ3v) is 3.81. The molecule has 2 aromatic rings. The molecule has 2 rings (SSSR count). The van der Waals surface area contributed by atoms with Crippen LogP contribution >= 0.6 is 11.6 Å². The van der Waals surface area contributed by atoms with Crippen molar-refractivity contribution in [2.45, 2.75) is 6.54 Å². The number of hydrogen-bond acceptors (Lipinski definition) is 4. The smallest absolute Gasteiger partial charge is 0.244 e. The fourth-order valence-corrected chi connectivity index (χ4v) is 2.36. The standard InChI is InChI=1S/C19H20ClNO4/c1-23-15-10-17(24-2)16(18(11-15)25-3)12-21-19(22)9-6-13-4-7-14(20)8-5-13/h4-11H,12H2,1-3H3,(H,21,22)/b9-6+. The van der Waals surface area contributed by atoms with Gasteiger partial charge in [-0.15, -0.1) is 0 Å². The Morgan fingerprint density at radius 3 is 2.16 bits per heavy atom. The molecule has 132 valence electrons. The zero-order valence-corrected chi connectivity index (χ0v) is 15.1. The number of nitrogens with one attached hydrogen (secondary N) is 1. The van der Waals surface area contributed by atoms with Gasteiger partial charge in [-0.1, -0.05) is 23.7 Å². The predicted molar refractivity (Wildman–Crippen MR) is 98.4 cm³/mol. The summed E-state index contributed by atoms with van der Waals surface area (Å²) in [6.07, 6.45) is 3.18. The van der Waals surface area contributed by atoms with Crippen molar-refractivity contribution < 1.29 is 19.0 Å². The molecule has 0 fully saturated rings. The number of halogens is 1. The van der Waals surface area contributed by atoms with E-state index in [-0.39, 0.29) is 12.5 Å². The highest BCUT2D eigenvalue weighted by Crippen LogP contribution is 2.33. The summed E-state index contributed by atoms with van der Waals surface area (Å²) >= 11 is 5.83. The molecule has 0 saturated carbocycles. The third-order valence-electron chi connectivity index (χ3n) is 3.55. The lowest BCUT2D eigenvalue weighted by molar-refractivity contribution is -0.116. The van der Waals surface area contributed by atoms with Gasteiger partial charge in [0.1, 0.15) is 17.2 Å². The SMILES string of the molecule is COc1cc(OC)c(CNC(=O)/C=C/c2ccc(Cl)cc2)c(OC)c1. The first-order chi connectivity index (χ1) is 12.1. The molecule has 1 N–H and O–H groups in total. The van der Waals surface area contributed by atoms with E-state index in [1.54, 1.807) is 51.7 Å². The van der Waals surface area contributed by atoms with Gasteiger partial charge in [0.15, 0.2) is 0 Å². The van der Waals surface area contributed by atoms with E-state index in [0.717, 1.165) is 11.1 Å². The Labute approximate surface area is 152 Å². The van der Waals surface area contributed by atoms with Crippen molar-refractivity contribution in [1.82, 2.24) is 5.32 Å². The normalized spacial score (nSPS) is 10.6. The summed E-state index contributed by atoms with van der Waals surface area (Å²) in [5.41, 5.74) is 1.62. The van der Waals surface area contributed by atoms with E-state index in [1.807, 2.05) is 12.1 Å². The van der Waals surface area contributed by atoms with E-state index in [2.05, 4.69) is 5.32 Å². The molecule has 1 amide bonds. The van der Waals surface area contributed by atoms with Crippen molar-refractivity contribution >= 4 is 23.6 Å². The van der Waals surface area contributed by atoms with E-state index in [1.165, 1.54) is 6.08 Å². The number of methoxy groups -OCH3 is 3. The second kappa shape index (κ2) is 8.99. The van der Waals surface area contributed by atoms with Crippen molar-refractivity contribution in [3.63, 3.8) is 0 Å². The number of hydrogen-bond donors (Lipinski definition) is 1. The van der Waals surface area contributed by atoms with Gasteiger partial charge in [0.05, 0.1) is 33.4 Å². The summed E-state index contributed by atoms with van der Waals surface area (Å²) in [6, 6.07) is 10.7. The maximum absolute atomic E-state index is 12.0. The van der Waals surface area contributed by atoms with E-state index in [9.17, 15) is 4.79 Å². The summed E-state index contributed by atoms with van der Waals surface area (Å²) in [7, 11) is 4.68. The Morgan fingerprint density at radius 1 is 1.04 bits per heavy atom. The Hall–Kier alpha value is -2.66. The van der Waals surface area contributed by atoms with E-state index in [0.29, 0.717) is 22.3 Å². The average Bonchev–Trinajstić information content (AvgIpc) is 2.65. The number of amides is 1. The minimum Gasteiger partial charge on any atom is -0.496 e. The molecule has 0 aliphatic carbocycles. The summed E-state index contributed by atoms with van der Waals surface area (Å²) in [4.78, 5) is 12.0. The van der Waals surface area contributed by atoms with Crippen molar-refractivity contribution in [3.8, 4) is 17.2 Å². The second-order valence-electron chi connectivity index (χ2n) is 5.11. The molecular weight excluding hydrogens is 342 g/mol. The van der Waals surface area contributed by atoms with Crippen LogP contribution in [0.25, 0.3) is 6.08 Å². The molecule has 2 aromatic carbocycles. The average molecular weight is 362 g/mol. The van der Waals surface area contributed by atoms with Gasteiger partial charge in [0.2, 0.25) is 5.91 Å². The molecule has 5 nitrogen and oxygen atoms in total. The van der Waals surface area contributed by atoms with Gasteiger partial charge in [-0.05, 0) is 23.8 Å². The molecule has 0 saturated heterocycles. The van der Waals surface area contributed by atoms with Crippen molar-refractivity contribution in [2.24, 2.45) is 0 Å². The van der Waals surface area contributed by atoms with Gasteiger partial charge in [-0.25, -0.2) is 0 Å². The summed E-state index contributed by atoms with van der Waals surface area (Å²) in [6.45, 7) is 0.264. The van der Waals surface area contributed by atoms with Crippen molar-refractivity contribution in [2.75, 3.05) is 21.3 Å². The highest BCUT2D eigenvalue weighted by molar-refractivity contribution is 6.30. The van der Waals surface area contributed by atoms with Gasteiger partial charge in [-0.3, -0.25) is 4.79 Å². The molecule has 0 radical (unpaired) electrons. The molecule has 6 heteroatoms. The quantitative estimate of drug-likeness (QED) is 0.764. The monoisotopic (exact) mass is 361 g/mol. The lowest BCUT2D eigenvalue weighted by Crippen LogP contribution is -2.21. The van der Waals surface area contributed by atoms with Crippen LogP contribution in [0.1, 0.15) is 11.1 Å². The number of benzene rings is 2. The van der Waals surface area contributed by atoms with Crippen molar-refractivity contribution in [3.05, 3.63) is 58.6 Å². The molecule has 0 aliphatic heterocycles.